The first kappa shape index (κ1) is 16.8. The summed E-state index contributed by atoms with van der Waals surface area (Å²) in [5.41, 5.74) is -0.0740. The van der Waals surface area contributed by atoms with Crippen LogP contribution in [-0.2, 0) is 9.53 Å². The summed E-state index contributed by atoms with van der Waals surface area (Å²) in [7, 11) is 1.51. The van der Waals surface area contributed by atoms with Crippen molar-refractivity contribution in [2.75, 3.05) is 20.2 Å². The third kappa shape index (κ3) is 3.78. The first-order valence-corrected chi connectivity index (χ1v) is 8.38. The summed E-state index contributed by atoms with van der Waals surface area (Å²) in [6, 6.07) is 0.795. The number of likely N-dealkylation sites (tertiary alicyclic amines) is 1. The quantitative estimate of drug-likeness (QED) is 0.810. The van der Waals surface area contributed by atoms with Crippen LogP contribution in [0.1, 0.15) is 59.8 Å². The second-order valence-electron chi connectivity index (χ2n) is 8.01. The van der Waals surface area contributed by atoms with Crippen LogP contribution >= 0.6 is 0 Å². The molecule has 0 aromatic rings. The molecule has 0 spiro atoms. The molecule has 1 heterocycles. The molecule has 2 rings (SSSR count). The van der Waals surface area contributed by atoms with E-state index in [2.05, 4.69) is 37.9 Å². The van der Waals surface area contributed by atoms with Gasteiger partial charge in [-0.15, -0.1) is 0 Å². The molecule has 1 aliphatic heterocycles. The van der Waals surface area contributed by atoms with Gasteiger partial charge >= 0.3 is 5.97 Å². The highest BCUT2D eigenvalue weighted by Crippen LogP contribution is 2.37. The fraction of sp³-hybridized carbons (Fsp3) is 0.941. The van der Waals surface area contributed by atoms with Gasteiger partial charge in [0.2, 0.25) is 0 Å². The maximum Gasteiger partial charge on any atom is 0.326 e. The van der Waals surface area contributed by atoms with Crippen molar-refractivity contribution in [3.63, 3.8) is 0 Å². The molecule has 0 radical (unpaired) electrons. The Kier molecular flexibility index (Phi) is 4.99. The number of ether oxygens (including phenoxy) is 1. The zero-order valence-electron chi connectivity index (χ0n) is 14.4. The van der Waals surface area contributed by atoms with E-state index in [1.54, 1.807) is 0 Å². The number of rotatable bonds is 4. The van der Waals surface area contributed by atoms with Gasteiger partial charge in [0, 0.05) is 18.6 Å². The SMILES string of the molecule is COC(=O)C1(NC(C)C)CCCC(N2CCC(C)(C)C2)C1. The molecule has 2 unspecified atom stereocenters. The van der Waals surface area contributed by atoms with Crippen LogP contribution in [0.2, 0.25) is 0 Å². The standard InChI is InChI=1S/C17H32N2O2/c1-13(2)18-17(15(20)21-5)8-6-7-14(11-17)19-10-9-16(3,4)12-19/h13-14,18H,6-12H2,1-5H3. The molecular formula is C17H32N2O2. The van der Waals surface area contributed by atoms with Gasteiger partial charge in [0.1, 0.15) is 5.54 Å². The van der Waals surface area contributed by atoms with E-state index in [-0.39, 0.29) is 12.0 Å². The lowest BCUT2D eigenvalue weighted by Gasteiger charge is -2.43. The number of carbonyl (C=O) groups excluding carboxylic acids is 1. The minimum absolute atomic E-state index is 0.0839. The largest absolute Gasteiger partial charge is 0.468 e. The Morgan fingerprint density at radius 1 is 1.33 bits per heavy atom. The van der Waals surface area contributed by atoms with E-state index in [0.29, 0.717) is 11.5 Å². The molecule has 2 aliphatic rings. The highest BCUT2D eigenvalue weighted by atomic mass is 16.5. The van der Waals surface area contributed by atoms with Crippen molar-refractivity contribution >= 4 is 5.97 Å². The molecule has 0 amide bonds. The number of nitrogens with one attached hydrogen (secondary N) is 1. The second-order valence-corrected chi connectivity index (χ2v) is 8.01. The van der Waals surface area contributed by atoms with Gasteiger partial charge in [-0.25, -0.2) is 0 Å². The number of hydrogen-bond donors (Lipinski definition) is 1. The maximum absolute atomic E-state index is 12.4. The topological polar surface area (TPSA) is 41.6 Å². The molecular weight excluding hydrogens is 264 g/mol. The minimum atomic E-state index is -0.488. The summed E-state index contributed by atoms with van der Waals surface area (Å²) < 4.78 is 5.13. The Bertz CT molecular complexity index is 381. The minimum Gasteiger partial charge on any atom is -0.468 e. The van der Waals surface area contributed by atoms with E-state index in [1.807, 2.05) is 0 Å². The molecule has 4 heteroatoms. The Labute approximate surface area is 129 Å². The van der Waals surface area contributed by atoms with Gasteiger partial charge in [0.15, 0.2) is 0 Å². The predicted molar refractivity (Wildman–Crippen MR) is 85.2 cm³/mol. The molecule has 21 heavy (non-hydrogen) atoms. The molecule has 4 nitrogen and oxygen atoms in total. The van der Waals surface area contributed by atoms with E-state index in [4.69, 9.17) is 4.74 Å². The lowest BCUT2D eigenvalue weighted by molar-refractivity contribution is -0.151. The lowest BCUT2D eigenvalue weighted by atomic mass is 9.77. The Morgan fingerprint density at radius 3 is 2.57 bits per heavy atom. The van der Waals surface area contributed by atoms with Crippen LogP contribution in [-0.4, -0.2) is 48.7 Å². The Balaban J connectivity index is 2.11. The fourth-order valence-electron chi connectivity index (χ4n) is 4.15. The molecule has 0 aromatic carbocycles. The van der Waals surface area contributed by atoms with Crippen LogP contribution in [0.3, 0.4) is 0 Å². The van der Waals surface area contributed by atoms with Gasteiger partial charge in [-0.1, -0.05) is 13.8 Å². The third-order valence-electron chi connectivity index (χ3n) is 5.09. The summed E-state index contributed by atoms with van der Waals surface area (Å²) in [4.78, 5) is 15.0. The Morgan fingerprint density at radius 2 is 2.05 bits per heavy atom. The fourth-order valence-corrected chi connectivity index (χ4v) is 4.15. The van der Waals surface area contributed by atoms with Crippen molar-refractivity contribution in [3.05, 3.63) is 0 Å². The molecule has 2 fully saturated rings. The van der Waals surface area contributed by atoms with E-state index >= 15 is 0 Å². The monoisotopic (exact) mass is 296 g/mol. The summed E-state index contributed by atoms with van der Waals surface area (Å²) in [6.45, 7) is 11.2. The molecule has 2 atom stereocenters. The summed E-state index contributed by atoms with van der Waals surface area (Å²) in [5.74, 6) is -0.0839. The van der Waals surface area contributed by atoms with Crippen LogP contribution in [0.15, 0.2) is 0 Å². The van der Waals surface area contributed by atoms with E-state index in [1.165, 1.54) is 20.0 Å². The van der Waals surface area contributed by atoms with Gasteiger partial charge in [0.25, 0.3) is 0 Å². The summed E-state index contributed by atoms with van der Waals surface area (Å²) >= 11 is 0. The van der Waals surface area contributed by atoms with Crippen LogP contribution < -0.4 is 5.32 Å². The smallest absolute Gasteiger partial charge is 0.326 e. The predicted octanol–water partition coefficient (Wildman–Crippen LogP) is 2.57. The van der Waals surface area contributed by atoms with Crippen molar-refractivity contribution < 1.29 is 9.53 Å². The maximum atomic E-state index is 12.4. The Hall–Kier alpha value is -0.610. The number of hydrogen-bond acceptors (Lipinski definition) is 4. The normalized spacial score (nSPS) is 33.3. The summed E-state index contributed by atoms with van der Waals surface area (Å²) in [6.07, 6.45) is 5.33. The van der Waals surface area contributed by atoms with E-state index < -0.39 is 5.54 Å². The highest BCUT2D eigenvalue weighted by molar-refractivity contribution is 5.81. The molecule has 0 aromatic heterocycles. The first-order valence-electron chi connectivity index (χ1n) is 8.38. The van der Waals surface area contributed by atoms with Gasteiger partial charge in [-0.2, -0.15) is 0 Å². The highest BCUT2D eigenvalue weighted by Gasteiger charge is 2.46. The molecule has 1 N–H and O–H groups in total. The number of methoxy groups -OCH3 is 1. The zero-order valence-corrected chi connectivity index (χ0v) is 14.4. The number of esters is 1. The number of nitrogens with zero attached hydrogens (tertiary/aromatic N) is 1. The van der Waals surface area contributed by atoms with Crippen LogP contribution in [0, 0.1) is 5.41 Å². The van der Waals surface area contributed by atoms with Crippen molar-refractivity contribution in [3.8, 4) is 0 Å². The molecule has 1 aliphatic carbocycles. The van der Waals surface area contributed by atoms with Crippen molar-refractivity contribution in [1.82, 2.24) is 10.2 Å². The average molecular weight is 296 g/mol. The molecule has 0 bridgehead atoms. The van der Waals surface area contributed by atoms with E-state index in [9.17, 15) is 4.79 Å². The zero-order chi connectivity index (χ0) is 15.7. The van der Waals surface area contributed by atoms with Crippen molar-refractivity contribution in [2.24, 2.45) is 5.41 Å². The van der Waals surface area contributed by atoms with Gasteiger partial charge in [-0.3, -0.25) is 15.0 Å². The number of carbonyl (C=O) groups is 1. The first-order chi connectivity index (χ1) is 9.78. The molecule has 1 saturated heterocycles. The average Bonchev–Trinajstić information content (AvgIpc) is 2.77. The van der Waals surface area contributed by atoms with Crippen molar-refractivity contribution in [1.29, 1.82) is 0 Å². The van der Waals surface area contributed by atoms with Crippen LogP contribution in [0.25, 0.3) is 0 Å². The second kappa shape index (κ2) is 6.25. The van der Waals surface area contributed by atoms with Crippen LogP contribution in [0.5, 0.6) is 0 Å². The van der Waals surface area contributed by atoms with Crippen LogP contribution in [0.4, 0.5) is 0 Å². The van der Waals surface area contributed by atoms with Gasteiger partial charge in [0.05, 0.1) is 7.11 Å². The molecule has 122 valence electrons. The third-order valence-corrected chi connectivity index (χ3v) is 5.09. The van der Waals surface area contributed by atoms with Gasteiger partial charge in [-0.05, 0) is 57.9 Å². The van der Waals surface area contributed by atoms with Crippen molar-refractivity contribution in [2.45, 2.75) is 77.4 Å². The lowest BCUT2D eigenvalue weighted by Crippen LogP contribution is -2.60. The van der Waals surface area contributed by atoms with E-state index in [0.717, 1.165) is 32.4 Å². The summed E-state index contributed by atoms with van der Waals surface area (Å²) in [5, 5.41) is 3.52. The van der Waals surface area contributed by atoms with Gasteiger partial charge < -0.3 is 4.74 Å². The molecule has 1 saturated carbocycles.